The van der Waals surface area contributed by atoms with E-state index in [2.05, 4.69) is 0 Å². The zero-order valence-corrected chi connectivity index (χ0v) is 8.54. The maximum Gasteiger partial charge on any atom is 0.277 e. The molecule has 5 nitrogen and oxygen atoms in total. The molecule has 0 radical (unpaired) electrons. The van der Waals surface area contributed by atoms with E-state index in [4.69, 9.17) is 11.5 Å². The van der Waals surface area contributed by atoms with E-state index in [0.717, 1.165) is 12.1 Å². The number of nitro groups is 1. The fourth-order valence-corrected chi connectivity index (χ4v) is 1.12. The fraction of sp³-hybridized carbons (Fsp3) is 0.250. The van der Waals surface area contributed by atoms with Crippen molar-refractivity contribution >= 4 is 18.1 Å². The lowest BCUT2D eigenvalue weighted by Gasteiger charge is -2.08. The van der Waals surface area contributed by atoms with Gasteiger partial charge >= 0.3 is 0 Å². The minimum absolute atomic E-state index is 0. The van der Waals surface area contributed by atoms with Gasteiger partial charge in [-0.3, -0.25) is 10.1 Å². The SMILES string of the molecule is Cl.NC[C@H](N)c1ccc(F)cc1[N+](=O)[O-]. The van der Waals surface area contributed by atoms with Gasteiger partial charge in [-0.15, -0.1) is 12.4 Å². The number of hydrogen-bond donors (Lipinski definition) is 2. The van der Waals surface area contributed by atoms with Crippen LogP contribution >= 0.6 is 12.4 Å². The van der Waals surface area contributed by atoms with E-state index >= 15 is 0 Å². The van der Waals surface area contributed by atoms with Crippen LogP contribution in [0.5, 0.6) is 0 Å². The van der Waals surface area contributed by atoms with E-state index in [-0.39, 0.29) is 30.2 Å². The Hall–Kier alpha value is -1.24. The van der Waals surface area contributed by atoms with Crippen LogP contribution in [0.15, 0.2) is 18.2 Å². The van der Waals surface area contributed by atoms with Gasteiger partial charge in [0, 0.05) is 18.2 Å². The van der Waals surface area contributed by atoms with E-state index in [1.54, 1.807) is 0 Å². The zero-order chi connectivity index (χ0) is 10.7. The highest BCUT2D eigenvalue weighted by molar-refractivity contribution is 5.85. The van der Waals surface area contributed by atoms with Gasteiger partial charge in [0.2, 0.25) is 0 Å². The van der Waals surface area contributed by atoms with Crippen LogP contribution in [0.2, 0.25) is 0 Å². The van der Waals surface area contributed by atoms with Crippen molar-refractivity contribution in [3.8, 4) is 0 Å². The molecule has 0 heterocycles. The van der Waals surface area contributed by atoms with Gasteiger partial charge in [0.25, 0.3) is 5.69 Å². The van der Waals surface area contributed by atoms with Crippen LogP contribution < -0.4 is 11.5 Å². The van der Waals surface area contributed by atoms with E-state index in [0.29, 0.717) is 0 Å². The highest BCUT2D eigenvalue weighted by Gasteiger charge is 2.18. The first-order chi connectivity index (χ1) is 6.56. The molecular formula is C8H11ClFN3O2. The molecular weight excluding hydrogens is 225 g/mol. The smallest absolute Gasteiger partial charge is 0.277 e. The quantitative estimate of drug-likeness (QED) is 0.606. The summed E-state index contributed by atoms with van der Waals surface area (Å²) in [6, 6.07) is 2.60. The Morgan fingerprint density at radius 1 is 1.53 bits per heavy atom. The van der Waals surface area contributed by atoms with Gasteiger partial charge in [0.05, 0.1) is 11.0 Å². The molecule has 0 amide bonds. The van der Waals surface area contributed by atoms with Gasteiger partial charge in [-0.2, -0.15) is 0 Å². The molecule has 0 aliphatic rings. The van der Waals surface area contributed by atoms with E-state index in [9.17, 15) is 14.5 Å². The van der Waals surface area contributed by atoms with Crippen LogP contribution in [0, 0.1) is 15.9 Å². The molecule has 1 rings (SSSR count). The number of rotatable bonds is 3. The maximum atomic E-state index is 12.7. The highest BCUT2D eigenvalue weighted by atomic mass is 35.5. The molecule has 1 atom stereocenters. The molecule has 0 aromatic heterocycles. The normalized spacial score (nSPS) is 11.7. The molecule has 0 saturated heterocycles. The first-order valence-electron chi connectivity index (χ1n) is 3.95. The Morgan fingerprint density at radius 3 is 2.60 bits per heavy atom. The summed E-state index contributed by atoms with van der Waals surface area (Å²) in [5.41, 5.74) is 10.7. The zero-order valence-electron chi connectivity index (χ0n) is 7.72. The largest absolute Gasteiger partial charge is 0.329 e. The monoisotopic (exact) mass is 235 g/mol. The number of hydrogen-bond acceptors (Lipinski definition) is 4. The third-order valence-corrected chi connectivity index (χ3v) is 1.84. The summed E-state index contributed by atoms with van der Waals surface area (Å²) >= 11 is 0. The minimum atomic E-state index is -0.673. The number of benzene rings is 1. The van der Waals surface area contributed by atoms with E-state index in [1.807, 2.05) is 0 Å². The van der Waals surface area contributed by atoms with Gasteiger partial charge in [-0.25, -0.2) is 4.39 Å². The lowest BCUT2D eigenvalue weighted by Crippen LogP contribution is -2.21. The Kier molecular flexibility index (Phi) is 5.13. The van der Waals surface area contributed by atoms with Crippen molar-refractivity contribution in [2.24, 2.45) is 11.5 Å². The average molecular weight is 236 g/mol. The van der Waals surface area contributed by atoms with Crippen molar-refractivity contribution < 1.29 is 9.31 Å². The molecule has 0 fully saturated rings. The molecule has 0 bridgehead atoms. The van der Waals surface area contributed by atoms with Crippen LogP contribution in [0.1, 0.15) is 11.6 Å². The molecule has 0 aliphatic carbocycles. The number of nitrogens with two attached hydrogens (primary N) is 2. The molecule has 15 heavy (non-hydrogen) atoms. The first kappa shape index (κ1) is 13.8. The van der Waals surface area contributed by atoms with Crippen molar-refractivity contribution in [3.05, 3.63) is 39.7 Å². The lowest BCUT2D eigenvalue weighted by molar-refractivity contribution is -0.385. The lowest BCUT2D eigenvalue weighted by atomic mass is 10.1. The standard InChI is InChI=1S/C8H10FN3O2.ClH/c9-5-1-2-6(7(11)4-10)8(3-5)12(13)14;/h1-3,7H,4,10-11H2;1H/t7-;/m0./s1. The molecule has 0 saturated carbocycles. The summed E-state index contributed by atoms with van der Waals surface area (Å²) < 4.78 is 12.7. The second-order valence-electron chi connectivity index (χ2n) is 2.80. The van der Waals surface area contributed by atoms with Gasteiger partial charge < -0.3 is 11.5 Å². The molecule has 0 spiro atoms. The molecule has 0 unspecified atom stereocenters. The van der Waals surface area contributed by atoms with E-state index < -0.39 is 16.8 Å². The van der Waals surface area contributed by atoms with Crippen LogP contribution in [0.25, 0.3) is 0 Å². The second-order valence-corrected chi connectivity index (χ2v) is 2.80. The summed E-state index contributed by atoms with van der Waals surface area (Å²) in [4.78, 5) is 9.86. The third-order valence-electron chi connectivity index (χ3n) is 1.84. The Balaban J connectivity index is 0.00000196. The molecule has 4 N–H and O–H groups in total. The van der Waals surface area contributed by atoms with Crippen molar-refractivity contribution in [2.45, 2.75) is 6.04 Å². The first-order valence-corrected chi connectivity index (χ1v) is 3.95. The van der Waals surface area contributed by atoms with Crippen LogP contribution in [0.3, 0.4) is 0 Å². The van der Waals surface area contributed by atoms with Crippen LogP contribution in [0.4, 0.5) is 10.1 Å². The molecule has 7 heteroatoms. The van der Waals surface area contributed by atoms with Crippen LogP contribution in [-0.2, 0) is 0 Å². The van der Waals surface area contributed by atoms with Crippen molar-refractivity contribution in [2.75, 3.05) is 6.54 Å². The number of halogens is 2. The molecule has 1 aromatic carbocycles. The van der Waals surface area contributed by atoms with Crippen molar-refractivity contribution in [1.29, 1.82) is 0 Å². The topological polar surface area (TPSA) is 95.2 Å². The third kappa shape index (κ3) is 3.12. The van der Waals surface area contributed by atoms with Gasteiger partial charge in [0.1, 0.15) is 5.82 Å². The summed E-state index contributed by atoms with van der Waals surface area (Å²) in [6.07, 6.45) is 0. The Labute approximate surface area is 91.8 Å². The Bertz CT molecular complexity index is 362. The van der Waals surface area contributed by atoms with Gasteiger partial charge in [-0.05, 0) is 12.1 Å². The van der Waals surface area contributed by atoms with Crippen molar-refractivity contribution in [3.63, 3.8) is 0 Å². The van der Waals surface area contributed by atoms with Crippen molar-refractivity contribution in [1.82, 2.24) is 0 Å². The minimum Gasteiger partial charge on any atom is -0.329 e. The average Bonchev–Trinajstić information content (AvgIpc) is 2.16. The number of nitro benzene ring substituents is 1. The summed E-state index contributed by atoms with van der Waals surface area (Å²) in [6.45, 7) is 0.0759. The summed E-state index contributed by atoms with van der Waals surface area (Å²) in [5, 5.41) is 10.5. The Morgan fingerprint density at radius 2 is 2.13 bits per heavy atom. The molecule has 1 aromatic rings. The highest BCUT2D eigenvalue weighted by Crippen LogP contribution is 2.23. The maximum absolute atomic E-state index is 12.7. The summed E-state index contributed by atoms with van der Waals surface area (Å²) in [7, 11) is 0. The fourth-order valence-electron chi connectivity index (χ4n) is 1.12. The molecule has 84 valence electrons. The molecule has 0 aliphatic heterocycles. The summed E-state index contributed by atoms with van der Waals surface area (Å²) in [5.74, 6) is -0.662. The second kappa shape index (κ2) is 5.59. The van der Waals surface area contributed by atoms with E-state index in [1.165, 1.54) is 6.07 Å². The van der Waals surface area contributed by atoms with Gasteiger partial charge in [0.15, 0.2) is 0 Å². The van der Waals surface area contributed by atoms with Crippen LogP contribution in [-0.4, -0.2) is 11.5 Å². The predicted octanol–water partition coefficient (Wildman–Crippen LogP) is 1.11. The predicted molar refractivity (Wildman–Crippen MR) is 56.3 cm³/mol. The number of nitrogens with zero attached hydrogens (tertiary/aromatic N) is 1. The van der Waals surface area contributed by atoms with Gasteiger partial charge in [-0.1, -0.05) is 0 Å².